The van der Waals surface area contributed by atoms with Crippen molar-refractivity contribution in [2.75, 3.05) is 5.32 Å². The smallest absolute Gasteiger partial charge is 0.339 e. The van der Waals surface area contributed by atoms with Crippen LogP contribution in [-0.2, 0) is 9.53 Å². The van der Waals surface area contributed by atoms with Gasteiger partial charge in [-0.1, -0.05) is 31.2 Å². The lowest BCUT2D eigenvalue weighted by molar-refractivity contribution is -0.124. The van der Waals surface area contributed by atoms with E-state index in [1.807, 2.05) is 18.2 Å². The van der Waals surface area contributed by atoms with Crippen molar-refractivity contribution in [3.63, 3.8) is 0 Å². The van der Waals surface area contributed by atoms with Gasteiger partial charge in [0.25, 0.3) is 5.91 Å². The van der Waals surface area contributed by atoms with E-state index >= 15 is 0 Å². The molecule has 0 saturated carbocycles. The van der Waals surface area contributed by atoms with Crippen LogP contribution in [0.1, 0.15) is 34.1 Å². The Labute approximate surface area is 189 Å². The molecule has 2 amide bonds. The molecule has 0 aliphatic carbocycles. The summed E-state index contributed by atoms with van der Waals surface area (Å²) in [4.78, 5) is 41.3. The molecule has 0 radical (unpaired) electrons. The Morgan fingerprint density at radius 2 is 1.70 bits per heavy atom. The van der Waals surface area contributed by atoms with Crippen molar-refractivity contribution < 1.29 is 23.5 Å². The van der Waals surface area contributed by atoms with Gasteiger partial charge in [0.2, 0.25) is 11.8 Å². The maximum absolute atomic E-state index is 13.0. The van der Waals surface area contributed by atoms with Crippen LogP contribution in [0.2, 0.25) is 0 Å². The third-order valence-corrected chi connectivity index (χ3v) is 5.02. The third kappa shape index (κ3) is 4.74. The minimum Gasteiger partial charge on any atom is -0.449 e. The summed E-state index contributed by atoms with van der Waals surface area (Å²) in [6.45, 7) is 1.74. The first kappa shape index (κ1) is 21.8. The van der Waals surface area contributed by atoms with E-state index in [4.69, 9.17) is 14.9 Å². The molecule has 0 aliphatic heterocycles. The summed E-state index contributed by atoms with van der Waals surface area (Å²) in [7, 11) is 0. The summed E-state index contributed by atoms with van der Waals surface area (Å²) in [6, 6.07) is 20.2. The quantitative estimate of drug-likeness (QED) is 0.413. The number of esters is 1. The number of benzene rings is 3. The van der Waals surface area contributed by atoms with Gasteiger partial charge in [-0.25, -0.2) is 9.78 Å². The van der Waals surface area contributed by atoms with Crippen LogP contribution in [0.4, 0.5) is 5.69 Å². The highest BCUT2D eigenvalue weighted by Gasteiger charge is 2.25. The maximum Gasteiger partial charge on any atom is 0.339 e. The first-order chi connectivity index (χ1) is 16.0. The Bertz CT molecular complexity index is 1290. The molecule has 0 fully saturated rings. The Morgan fingerprint density at radius 3 is 2.39 bits per heavy atom. The van der Waals surface area contributed by atoms with Gasteiger partial charge in [-0.3, -0.25) is 9.59 Å². The zero-order valence-electron chi connectivity index (χ0n) is 17.8. The van der Waals surface area contributed by atoms with Crippen LogP contribution < -0.4 is 11.1 Å². The Morgan fingerprint density at radius 1 is 1.00 bits per heavy atom. The van der Waals surface area contributed by atoms with Crippen molar-refractivity contribution in [2.24, 2.45) is 5.73 Å². The summed E-state index contributed by atoms with van der Waals surface area (Å²) >= 11 is 0. The second-order valence-electron chi connectivity index (χ2n) is 7.27. The molecule has 4 aromatic rings. The molecule has 3 N–H and O–H groups in total. The lowest BCUT2D eigenvalue weighted by atomic mass is 10.1. The highest BCUT2D eigenvalue weighted by atomic mass is 16.5. The van der Waals surface area contributed by atoms with E-state index in [1.54, 1.807) is 49.4 Å². The van der Waals surface area contributed by atoms with Crippen molar-refractivity contribution in [3.05, 3.63) is 83.9 Å². The third-order valence-electron chi connectivity index (χ3n) is 5.02. The molecule has 0 aliphatic rings. The molecule has 0 spiro atoms. The topological polar surface area (TPSA) is 125 Å². The second-order valence-corrected chi connectivity index (χ2v) is 7.27. The Hall–Kier alpha value is -4.46. The fraction of sp³-hybridized carbons (Fsp3) is 0.120. The molecule has 3 aromatic carbocycles. The molecule has 8 nitrogen and oxygen atoms in total. The number of primary amides is 1. The minimum atomic E-state index is -1.02. The van der Waals surface area contributed by atoms with Crippen LogP contribution in [0.25, 0.3) is 22.6 Å². The van der Waals surface area contributed by atoms with E-state index in [2.05, 4.69) is 10.3 Å². The molecule has 0 saturated heterocycles. The van der Waals surface area contributed by atoms with Gasteiger partial charge in [-0.15, -0.1) is 0 Å². The number of nitrogens with two attached hydrogens (primary N) is 1. The minimum absolute atomic E-state index is 0.237. The summed E-state index contributed by atoms with van der Waals surface area (Å²) < 4.78 is 11.3. The zero-order chi connectivity index (χ0) is 23.4. The highest BCUT2D eigenvalue weighted by molar-refractivity contribution is 6.00. The van der Waals surface area contributed by atoms with Gasteiger partial charge in [0, 0.05) is 11.3 Å². The fourth-order valence-corrected chi connectivity index (χ4v) is 3.29. The second kappa shape index (κ2) is 9.35. The number of fused-ring (bicyclic) bond motifs is 1. The van der Waals surface area contributed by atoms with Crippen LogP contribution in [-0.4, -0.2) is 28.9 Å². The van der Waals surface area contributed by atoms with Crippen molar-refractivity contribution in [1.82, 2.24) is 4.98 Å². The molecule has 1 unspecified atom stereocenters. The zero-order valence-corrected chi connectivity index (χ0v) is 17.8. The van der Waals surface area contributed by atoms with Crippen LogP contribution in [0.3, 0.4) is 0 Å². The van der Waals surface area contributed by atoms with Gasteiger partial charge in [0.15, 0.2) is 11.7 Å². The number of carbonyl (C=O) groups excluding carboxylic acids is 3. The lowest BCUT2D eigenvalue weighted by Crippen LogP contribution is -2.32. The molecule has 8 heteroatoms. The van der Waals surface area contributed by atoms with Crippen molar-refractivity contribution in [1.29, 1.82) is 0 Å². The fourth-order valence-electron chi connectivity index (χ4n) is 3.29. The predicted octanol–water partition coefficient (Wildman–Crippen LogP) is 4.17. The summed E-state index contributed by atoms with van der Waals surface area (Å²) in [6.07, 6.45) is -0.757. The van der Waals surface area contributed by atoms with E-state index in [-0.39, 0.29) is 17.9 Å². The van der Waals surface area contributed by atoms with Crippen molar-refractivity contribution in [3.8, 4) is 11.5 Å². The Kier molecular flexibility index (Phi) is 6.17. The number of hydrogen-bond acceptors (Lipinski definition) is 6. The van der Waals surface area contributed by atoms with E-state index in [9.17, 15) is 14.4 Å². The SMILES string of the molecule is CCC(OC(=O)c1ccccc1-c1nc2ccccc2o1)C(=O)Nc1ccc(C(N)=O)cc1. The molecule has 166 valence electrons. The van der Waals surface area contributed by atoms with Gasteiger partial charge < -0.3 is 20.2 Å². The number of nitrogens with one attached hydrogen (secondary N) is 1. The standard InChI is InChI=1S/C25H21N3O5/c1-2-20(23(30)27-16-13-11-15(12-14-16)22(26)29)33-25(31)18-8-4-3-7-17(18)24-28-19-9-5-6-10-21(19)32-24/h3-14,20H,2H2,1H3,(H2,26,29)(H,27,30). The molecule has 0 bridgehead atoms. The van der Waals surface area contributed by atoms with Crippen LogP contribution in [0.5, 0.6) is 0 Å². The number of rotatable bonds is 7. The van der Waals surface area contributed by atoms with Gasteiger partial charge in [-0.05, 0) is 55.0 Å². The van der Waals surface area contributed by atoms with Crippen molar-refractivity contribution >= 4 is 34.6 Å². The highest BCUT2D eigenvalue weighted by Crippen LogP contribution is 2.27. The first-order valence-electron chi connectivity index (χ1n) is 10.3. The van der Waals surface area contributed by atoms with Gasteiger partial charge in [0.05, 0.1) is 11.1 Å². The van der Waals surface area contributed by atoms with E-state index in [1.165, 1.54) is 12.1 Å². The number of ether oxygens (including phenoxy) is 1. The number of hydrogen-bond donors (Lipinski definition) is 2. The molecular formula is C25H21N3O5. The summed E-state index contributed by atoms with van der Waals surface area (Å²) in [5, 5.41) is 2.68. The summed E-state index contributed by atoms with van der Waals surface area (Å²) in [5.41, 5.74) is 7.97. The first-order valence-corrected chi connectivity index (χ1v) is 10.3. The van der Waals surface area contributed by atoms with E-state index in [0.29, 0.717) is 27.9 Å². The van der Waals surface area contributed by atoms with Crippen LogP contribution in [0, 0.1) is 0 Å². The van der Waals surface area contributed by atoms with Crippen LogP contribution >= 0.6 is 0 Å². The molecule has 4 rings (SSSR count). The van der Waals surface area contributed by atoms with E-state index in [0.717, 1.165) is 0 Å². The molecular weight excluding hydrogens is 422 g/mol. The van der Waals surface area contributed by atoms with Crippen molar-refractivity contribution in [2.45, 2.75) is 19.4 Å². The average molecular weight is 443 g/mol. The molecule has 1 atom stereocenters. The lowest BCUT2D eigenvalue weighted by Gasteiger charge is -2.17. The van der Waals surface area contributed by atoms with Gasteiger partial charge in [-0.2, -0.15) is 0 Å². The molecule has 1 aromatic heterocycles. The number of amides is 2. The number of nitrogens with zero attached hydrogens (tertiary/aromatic N) is 1. The normalized spacial score (nSPS) is 11.7. The van der Waals surface area contributed by atoms with Crippen LogP contribution in [0.15, 0.2) is 77.2 Å². The number of para-hydroxylation sites is 2. The average Bonchev–Trinajstić information content (AvgIpc) is 3.27. The maximum atomic E-state index is 13.0. The Balaban J connectivity index is 1.52. The van der Waals surface area contributed by atoms with Gasteiger partial charge >= 0.3 is 5.97 Å². The number of anilines is 1. The predicted molar refractivity (Wildman–Crippen MR) is 123 cm³/mol. The van der Waals surface area contributed by atoms with E-state index < -0.39 is 23.9 Å². The number of oxazole rings is 1. The summed E-state index contributed by atoms with van der Waals surface area (Å²) in [5.74, 6) is -1.43. The molecule has 1 heterocycles. The number of carbonyl (C=O) groups is 3. The molecule has 33 heavy (non-hydrogen) atoms. The number of aromatic nitrogens is 1. The van der Waals surface area contributed by atoms with Gasteiger partial charge in [0.1, 0.15) is 5.52 Å². The monoisotopic (exact) mass is 443 g/mol. The largest absolute Gasteiger partial charge is 0.449 e.